The molecule has 0 spiro atoms. The standard InChI is InChI=1S/C10H12FNO/c11-8-5-4-6-7(10(8)13)2-1-3-9(6)12/h4-5,9,13H,1-3,12H2. The molecule has 0 aliphatic heterocycles. The van der Waals surface area contributed by atoms with Gasteiger partial charge in [0, 0.05) is 11.6 Å². The molecule has 1 aliphatic carbocycles. The van der Waals surface area contributed by atoms with Crippen molar-refractivity contribution >= 4 is 0 Å². The monoisotopic (exact) mass is 181 g/mol. The highest BCUT2D eigenvalue weighted by Crippen LogP contribution is 2.34. The number of benzene rings is 1. The molecule has 0 bridgehead atoms. The average Bonchev–Trinajstić information content (AvgIpc) is 2.12. The third-order valence-electron chi connectivity index (χ3n) is 2.61. The number of phenolic OH excluding ortho intramolecular Hbond substituents is 1. The van der Waals surface area contributed by atoms with E-state index >= 15 is 0 Å². The van der Waals surface area contributed by atoms with Gasteiger partial charge in [-0.1, -0.05) is 6.07 Å². The maximum atomic E-state index is 12.9. The lowest BCUT2D eigenvalue weighted by molar-refractivity contribution is 0.416. The summed E-state index contributed by atoms with van der Waals surface area (Å²) in [6.07, 6.45) is 2.57. The predicted octanol–water partition coefficient (Wildman–Crippen LogP) is 1.87. The third kappa shape index (κ3) is 1.29. The van der Waals surface area contributed by atoms with Gasteiger partial charge in [-0.25, -0.2) is 4.39 Å². The van der Waals surface area contributed by atoms with Gasteiger partial charge in [0.05, 0.1) is 0 Å². The third-order valence-corrected chi connectivity index (χ3v) is 2.61. The van der Waals surface area contributed by atoms with Gasteiger partial charge in [-0.15, -0.1) is 0 Å². The molecule has 0 heterocycles. The number of phenols is 1. The molecule has 2 nitrogen and oxygen atoms in total. The van der Waals surface area contributed by atoms with Crippen molar-refractivity contribution in [2.75, 3.05) is 0 Å². The Kier molecular flexibility index (Phi) is 1.96. The van der Waals surface area contributed by atoms with Crippen LogP contribution in [0.2, 0.25) is 0 Å². The molecule has 3 heteroatoms. The summed E-state index contributed by atoms with van der Waals surface area (Å²) >= 11 is 0. The van der Waals surface area contributed by atoms with Crippen LogP contribution in [0.3, 0.4) is 0 Å². The first-order valence-electron chi connectivity index (χ1n) is 4.46. The molecule has 0 saturated carbocycles. The molecular weight excluding hydrogens is 169 g/mol. The van der Waals surface area contributed by atoms with Gasteiger partial charge >= 0.3 is 0 Å². The van der Waals surface area contributed by atoms with Gasteiger partial charge in [0.2, 0.25) is 0 Å². The van der Waals surface area contributed by atoms with Crippen molar-refractivity contribution in [3.8, 4) is 5.75 Å². The van der Waals surface area contributed by atoms with Gasteiger partial charge in [0.15, 0.2) is 11.6 Å². The highest BCUT2D eigenvalue weighted by Gasteiger charge is 2.21. The molecule has 13 heavy (non-hydrogen) atoms. The molecule has 3 N–H and O–H groups in total. The summed E-state index contributed by atoms with van der Waals surface area (Å²) in [7, 11) is 0. The van der Waals surface area contributed by atoms with Gasteiger partial charge < -0.3 is 10.8 Å². The molecular formula is C10H12FNO. The molecule has 0 aromatic heterocycles. The average molecular weight is 181 g/mol. The van der Waals surface area contributed by atoms with E-state index in [-0.39, 0.29) is 11.8 Å². The van der Waals surface area contributed by atoms with E-state index in [0.29, 0.717) is 5.56 Å². The van der Waals surface area contributed by atoms with Crippen LogP contribution in [0, 0.1) is 5.82 Å². The van der Waals surface area contributed by atoms with Crippen LogP contribution in [0.25, 0.3) is 0 Å². The summed E-state index contributed by atoms with van der Waals surface area (Å²) in [5, 5.41) is 9.43. The molecule has 1 aromatic carbocycles. The lowest BCUT2D eigenvalue weighted by atomic mass is 9.87. The second-order valence-corrected chi connectivity index (χ2v) is 3.46. The van der Waals surface area contributed by atoms with Crippen molar-refractivity contribution in [2.24, 2.45) is 5.73 Å². The van der Waals surface area contributed by atoms with Crippen LogP contribution in [0.15, 0.2) is 12.1 Å². The van der Waals surface area contributed by atoms with E-state index in [2.05, 4.69) is 0 Å². The maximum Gasteiger partial charge on any atom is 0.165 e. The molecule has 2 rings (SSSR count). The van der Waals surface area contributed by atoms with Gasteiger partial charge in [-0.2, -0.15) is 0 Å². The fraction of sp³-hybridized carbons (Fsp3) is 0.400. The fourth-order valence-electron chi connectivity index (χ4n) is 1.89. The zero-order chi connectivity index (χ0) is 9.42. The number of rotatable bonds is 0. The minimum absolute atomic E-state index is 0.0461. The van der Waals surface area contributed by atoms with Crippen molar-refractivity contribution in [3.05, 3.63) is 29.1 Å². The zero-order valence-electron chi connectivity index (χ0n) is 7.26. The van der Waals surface area contributed by atoms with Crippen LogP contribution >= 0.6 is 0 Å². The van der Waals surface area contributed by atoms with Crippen LogP contribution < -0.4 is 5.73 Å². The van der Waals surface area contributed by atoms with E-state index in [0.717, 1.165) is 24.8 Å². The molecule has 1 unspecified atom stereocenters. The largest absolute Gasteiger partial charge is 0.505 e. The van der Waals surface area contributed by atoms with Gasteiger partial charge in [-0.05, 0) is 30.9 Å². The number of nitrogens with two attached hydrogens (primary N) is 1. The van der Waals surface area contributed by atoms with E-state index < -0.39 is 5.82 Å². The Morgan fingerprint density at radius 3 is 3.00 bits per heavy atom. The summed E-state index contributed by atoms with van der Waals surface area (Å²) < 4.78 is 12.9. The Bertz CT molecular complexity index is 338. The van der Waals surface area contributed by atoms with E-state index in [1.54, 1.807) is 6.07 Å². The van der Waals surface area contributed by atoms with Crippen LogP contribution in [-0.4, -0.2) is 5.11 Å². The number of aromatic hydroxyl groups is 1. The Morgan fingerprint density at radius 1 is 1.46 bits per heavy atom. The Labute approximate surface area is 76.2 Å². The van der Waals surface area contributed by atoms with Crippen molar-refractivity contribution in [3.63, 3.8) is 0 Å². The van der Waals surface area contributed by atoms with Crippen molar-refractivity contribution in [1.82, 2.24) is 0 Å². The summed E-state index contributed by atoms with van der Waals surface area (Å²) in [5.41, 5.74) is 7.42. The quantitative estimate of drug-likeness (QED) is 0.641. The fourth-order valence-corrected chi connectivity index (χ4v) is 1.89. The Morgan fingerprint density at radius 2 is 2.23 bits per heavy atom. The van der Waals surface area contributed by atoms with Crippen LogP contribution in [0.1, 0.15) is 30.0 Å². The van der Waals surface area contributed by atoms with Crippen LogP contribution in [0.4, 0.5) is 4.39 Å². The number of hydrogen-bond acceptors (Lipinski definition) is 2. The second-order valence-electron chi connectivity index (χ2n) is 3.46. The summed E-state index contributed by atoms with van der Waals surface area (Å²) in [6.45, 7) is 0. The SMILES string of the molecule is NC1CCCc2c1ccc(F)c2O. The molecule has 0 amide bonds. The molecule has 1 aromatic rings. The van der Waals surface area contributed by atoms with E-state index in [9.17, 15) is 9.50 Å². The highest BCUT2D eigenvalue weighted by atomic mass is 19.1. The predicted molar refractivity (Wildman–Crippen MR) is 47.9 cm³/mol. The van der Waals surface area contributed by atoms with Crippen LogP contribution in [0.5, 0.6) is 5.75 Å². The van der Waals surface area contributed by atoms with Gasteiger partial charge in [0.1, 0.15) is 0 Å². The smallest absolute Gasteiger partial charge is 0.165 e. The van der Waals surface area contributed by atoms with Crippen molar-refractivity contribution in [1.29, 1.82) is 0 Å². The first kappa shape index (κ1) is 8.51. The molecule has 0 radical (unpaired) electrons. The van der Waals surface area contributed by atoms with E-state index in [1.165, 1.54) is 6.07 Å². The topological polar surface area (TPSA) is 46.2 Å². The second kappa shape index (κ2) is 3.00. The van der Waals surface area contributed by atoms with Crippen LogP contribution in [-0.2, 0) is 6.42 Å². The zero-order valence-corrected chi connectivity index (χ0v) is 7.26. The summed E-state index contributed by atoms with van der Waals surface area (Å²) in [5.74, 6) is -0.763. The highest BCUT2D eigenvalue weighted by molar-refractivity contribution is 5.43. The molecule has 0 saturated heterocycles. The lowest BCUT2D eigenvalue weighted by Gasteiger charge is -2.22. The maximum absolute atomic E-state index is 12.9. The first-order chi connectivity index (χ1) is 6.20. The van der Waals surface area contributed by atoms with Gasteiger partial charge in [-0.3, -0.25) is 0 Å². The summed E-state index contributed by atoms with van der Waals surface area (Å²) in [4.78, 5) is 0. The molecule has 1 aliphatic rings. The van der Waals surface area contributed by atoms with E-state index in [1.807, 2.05) is 0 Å². The lowest BCUT2D eigenvalue weighted by Crippen LogP contribution is -2.17. The number of hydrogen-bond donors (Lipinski definition) is 2. The van der Waals surface area contributed by atoms with Crippen molar-refractivity contribution < 1.29 is 9.50 Å². The van der Waals surface area contributed by atoms with Crippen molar-refractivity contribution in [2.45, 2.75) is 25.3 Å². The first-order valence-corrected chi connectivity index (χ1v) is 4.46. The minimum Gasteiger partial charge on any atom is -0.505 e. The van der Waals surface area contributed by atoms with E-state index in [4.69, 9.17) is 5.73 Å². The molecule has 0 fully saturated rings. The Balaban J connectivity index is 2.56. The molecule has 1 atom stereocenters. The minimum atomic E-state index is -0.548. The normalized spacial score (nSPS) is 21.2. The number of halogens is 1. The molecule has 70 valence electrons. The summed E-state index contributed by atoms with van der Waals surface area (Å²) in [6, 6.07) is 2.91. The van der Waals surface area contributed by atoms with Gasteiger partial charge in [0.25, 0.3) is 0 Å². The number of fused-ring (bicyclic) bond motifs is 1. The Hall–Kier alpha value is -1.09.